The Morgan fingerprint density at radius 3 is 2.65 bits per heavy atom. The van der Waals surface area contributed by atoms with Crippen molar-refractivity contribution in [1.82, 2.24) is 10.2 Å². The molecule has 0 bridgehead atoms. The van der Waals surface area contributed by atoms with Gasteiger partial charge in [-0.25, -0.2) is 0 Å². The molecule has 0 radical (unpaired) electrons. The molecule has 1 aliphatic heterocycles. The Kier molecular flexibility index (Phi) is 5.05. The number of piperidine rings is 1. The molecule has 0 aliphatic carbocycles. The fourth-order valence-corrected chi connectivity index (χ4v) is 2.95. The maximum absolute atomic E-state index is 12.0. The number of nitriles is 1. The van der Waals surface area contributed by atoms with Crippen molar-refractivity contribution in [1.29, 1.82) is 5.26 Å². The van der Waals surface area contributed by atoms with Gasteiger partial charge in [0.05, 0.1) is 11.8 Å². The third kappa shape index (κ3) is 3.99. The highest BCUT2D eigenvalue weighted by Gasteiger charge is 2.35. The number of rotatable bonds is 4. The maximum Gasteiger partial charge on any atom is 0.231 e. The van der Waals surface area contributed by atoms with E-state index in [1.54, 1.807) is 0 Å². The Morgan fingerprint density at radius 2 is 2.05 bits per heavy atom. The minimum Gasteiger partial charge on any atom is -0.337 e. The largest absolute Gasteiger partial charge is 0.337 e. The number of nitrogens with zero attached hydrogens (tertiary/aromatic N) is 2. The van der Waals surface area contributed by atoms with Gasteiger partial charge < -0.3 is 10.2 Å². The van der Waals surface area contributed by atoms with Crippen molar-refractivity contribution in [3.63, 3.8) is 0 Å². The quantitative estimate of drug-likeness (QED) is 0.860. The molecule has 0 aromatic heterocycles. The van der Waals surface area contributed by atoms with Gasteiger partial charge in [0.2, 0.25) is 5.91 Å². The first-order valence-electron chi connectivity index (χ1n) is 6.72. The van der Waals surface area contributed by atoms with Gasteiger partial charge in [-0.2, -0.15) is 5.26 Å². The monoisotopic (exact) mass is 289 g/mol. The first kappa shape index (κ1) is 14.9. The lowest BCUT2D eigenvalue weighted by Gasteiger charge is -2.35. The highest BCUT2D eigenvalue weighted by atomic mass is 32.2. The van der Waals surface area contributed by atoms with E-state index >= 15 is 0 Å². The summed E-state index contributed by atoms with van der Waals surface area (Å²) in [5.74, 6) is 0.286. The molecule has 0 spiro atoms. The fraction of sp³-hybridized carbons (Fsp3) is 0.467. The van der Waals surface area contributed by atoms with Gasteiger partial charge in [-0.3, -0.25) is 4.79 Å². The zero-order valence-corrected chi connectivity index (χ0v) is 12.4. The van der Waals surface area contributed by atoms with E-state index in [-0.39, 0.29) is 5.91 Å². The number of nitrogens with one attached hydrogen (secondary N) is 1. The van der Waals surface area contributed by atoms with Gasteiger partial charge in [0.25, 0.3) is 0 Å². The molecule has 1 saturated heterocycles. The van der Waals surface area contributed by atoms with Crippen LogP contribution in [0.15, 0.2) is 35.2 Å². The van der Waals surface area contributed by atoms with Crippen LogP contribution >= 0.6 is 11.8 Å². The van der Waals surface area contributed by atoms with Crippen LogP contribution in [0.3, 0.4) is 0 Å². The lowest BCUT2D eigenvalue weighted by molar-refractivity contribution is -0.120. The van der Waals surface area contributed by atoms with E-state index < -0.39 is 5.54 Å². The Labute approximate surface area is 124 Å². The van der Waals surface area contributed by atoms with Crippen LogP contribution in [-0.2, 0) is 4.79 Å². The highest BCUT2D eigenvalue weighted by Crippen LogP contribution is 2.22. The molecular weight excluding hydrogens is 270 g/mol. The van der Waals surface area contributed by atoms with Crippen LogP contribution in [0.5, 0.6) is 0 Å². The Balaban J connectivity index is 1.85. The zero-order chi connectivity index (χ0) is 14.4. The Hall–Kier alpha value is -1.51. The SMILES string of the molecule is CN1CCC(C#N)(NC(=O)CSc2ccccc2)CC1. The molecule has 0 saturated carbocycles. The van der Waals surface area contributed by atoms with E-state index in [9.17, 15) is 10.1 Å². The van der Waals surface area contributed by atoms with E-state index in [1.165, 1.54) is 11.8 Å². The molecule has 1 N–H and O–H groups in total. The molecule has 5 heteroatoms. The summed E-state index contributed by atoms with van der Waals surface area (Å²) in [6, 6.07) is 12.1. The predicted octanol–water partition coefficient (Wildman–Crippen LogP) is 1.88. The summed E-state index contributed by atoms with van der Waals surface area (Å²) < 4.78 is 0. The van der Waals surface area contributed by atoms with Crippen LogP contribution in [-0.4, -0.2) is 42.2 Å². The van der Waals surface area contributed by atoms with Crippen molar-refractivity contribution in [3.05, 3.63) is 30.3 Å². The molecule has 20 heavy (non-hydrogen) atoms. The van der Waals surface area contributed by atoms with Crippen LogP contribution in [0.4, 0.5) is 0 Å². The van der Waals surface area contributed by atoms with Crippen molar-refractivity contribution in [3.8, 4) is 6.07 Å². The topological polar surface area (TPSA) is 56.1 Å². The molecule has 4 nitrogen and oxygen atoms in total. The lowest BCUT2D eigenvalue weighted by atomic mass is 9.89. The highest BCUT2D eigenvalue weighted by molar-refractivity contribution is 8.00. The number of thioether (sulfide) groups is 1. The summed E-state index contributed by atoms with van der Waals surface area (Å²) in [4.78, 5) is 15.3. The number of carbonyl (C=O) groups is 1. The average molecular weight is 289 g/mol. The second-order valence-corrected chi connectivity index (χ2v) is 6.20. The van der Waals surface area contributed by atoms with Crippen LogP contribution in [0.2, 0.25) is 0 Å². The van der Waals surface area contributed by atoms with Gasteiger partial charge in [0.1, 0.15) is 5.54 Å². The van der Waals surface area contributed by atoms with Gasteiger partial charge in [0, 0.05) is 18.0 Å². The van der Waals surface area contributed by atoms with Crippen molar-refractivity contribution in [2.24, 2.45) is 0 Å². The van der Waals surface area contributed by atoms with Gasteiger partial charge in [-0.05, 0) is 32.0 Å². The summed E-state index contributed by atoms with van der Waals surface area (Å²) in [7, 11) is 2.04. The number of hydrogen-bond donors (Lipinski definition) is 1. The van der Waals surface area contributed by atoms with E-state index in [0.29, 0.717) is 18.6 Å². The molecule has 1 aliphatic rings. The van der Waals surface area contributed by atoms with Gasteiger partial charge in [-0.1, -0.05) is 18.2 Å². The first-order chi connectivity index (χ1) is 9.63. The third-order valence-electron chi connectivity index (χ3n) is 3.55. The number of likely N-dealkylation sites (tertiary alicyclic amines) is 1. The molecule has 2 rings (SSSR count). The van der Waals surface area contributed by atoms with Gasteiger partial charge >= 0.3 is 0 Å². The number of benzene rings is 1. The Morgan fingerprint density at radius 1 is 1.40 bits per heavy atom. The molecule has 0 unspecified atom stereocenters. The molecular formula is C15H19N3OS. The van der Waals surface area contributed by atoms with Crippen LogP contribution in [0.25, 0.3) is 0 Å². The van der Waals surface area contributed by atoms with E-state index in [2.05, 4.69) is 16.3 Å². The van der Waals surface area contributed by atoms with E-state index in [0.717, 1.165) is 18.0 Å². The summed E-state index contributed by atoms with van der Waals surface area (Å²) in [6.45, 7) is 1.69. The van der Waals surface area contributed by atoms with E-state index in [1.807, 2.05) is 37.4 Å². The average Bonchev–Trinajstić information content (AvgIpc) is 2.49. The second kappa shape index (κ2) is 6.78. The minimum atomic E-state index is -0.680. The summed E-state index contributed by atoms with van der Waals surface area (Å²) >= 11 is 1.49. The van der Waals surface area contributed by atoms with Crippen molar-refractivity contribution in [2.45, 2.75) is 23.3 Å². The van der Waals surface area contributed by atoms with Crippen LogP contribution in [0.1, 0.15) is 12.8 Å². The molecule has 1 amide bonds. The van der Waals surface area contributed by atoms with Crippen molar-refractivity contribution >= 4 is 17.7 Å². The van der Waals surface area contributed by atoms with Crippen molar-refractivity contribution in [2.75, 3.05) is 25.9 Å². The molecule has 106 valence electrons. The van der Waals surface area contributed by atoms with Gasteiger partial charge in [0.15, 0.2) is 0 Å². The normalized spacial score (nSPS) is 18.2. The van der Waals surface area contributed by atoms with Crippen LogP contribution < -0.4 is 5.32 Å². The third-order valence-corrected chi connectivity index (χ3v) is 4.56. The first-order valence-corrected chi connectivity index (χ1v) is 7.71. The lowest BCUT2D eigenvalue weighted by Crippen LogP contribution is -2.54. The fourth-order valence-electron chi connectivity index (χ4n) is 2.23. The molecule has 1 fully saturated rings. The number of carbonyl (C=O) groups excluding carboxylic acids is 1. The molecule has 1 heterocycles. The van der Waals surface area contributed by atoms with E-state index in [4.69, 9.17) is 0 Å². The number of hydrogen-bond acceptors (Lipinski definition) is 4. The maximum atomic E-state index is 12.0. The summed E-state index contributed by atoms with van der Waals surface area (Å²) in [6.07, 6.45) is 1.39. The van der Waals surface area contributed by atoms with Crippen LogP contribution in [0, 0.1) is 11.3 Å². The predicted molar refractivity (Wildman–Crippen MR) is 80.4 cm³/mol. The molecule has 0 atom stereocenters. The van der Waals surface area contributed by atoms with Crippen molar-refractivity contribution < 1.29 is 4.79 Å². The zero-order valence-electron chi connectivity index (χ0n) is 11.6. The number of amides is 1. The summed E-state index contributed by atoms with van der Waals surface area (Å²) in [5, 5.41) is 12.3. The minimum absolute atomic E-state index is 0.0649. The standard InChI is InChI=1S/C15H19N3OS/c1-18-9-7-15(12-16,8-10-18)17-14(19)11-20-13-5-3-2-4-6-13/h2-6H,7-11H2,1H3,(H,17,19). The molecule has 1 aromatic carbocycles. The van der Waals surface area contributed by atoms with Gasteiger partial charge in [-0.15, -0.1) is 11.8 Å². The second-order valence-electron chi connectivity index (χ2n) is 5.15. The Bertz CT molecular complexity index is 490. The smallest absolute Gasteiger partial charge is 0.231 e. The molecule has 1 aromatic rings. The summed E-state index contributed by atoms with van der Waals surface area (Å²) in [5.41, 5.74) is -0.680.